The summed E-state index contributed by atoms with van der Waals surface area (Å²) in [4.78, 5) is 7.16. The first-order valence-corrected chi connectivity index (χ1v) is 10.2. The molecule has 1 aromatic heterocycles. The topological polar surface area (TPSA) is 30.3 Å². The Labute approximate surface area is 146 Å². The number of rotatable bonds is 7. The second-order valence-electron chi connectivity index (χ2n) is 8.21. The number of aromatic nitrogens is 2. The van der Waals surface area contributed by atoms with Gasteiger partial charge in [-0.3, -0.25) is 4.90 Å². The molecule has 1 unspecified atom stereocenters. The van der Waals surface area contributed by atoms with Gasteiger partial charge in [-0.25, -0.2) is 4.98 Å². The van der Waals surface area contributed by atoms with Gasteiger partial charge < -0.3 is 9.30 Å². The van der Waals surface area contributed by atoms with Crippen LogP contribution in [0.5, 0.6) is 0 Å². The summed E-state index contributed by atoms with van der Waals surface area (Å²) in [5, 5.41) is 0. The smallest absolute Gasteiger partial charge is 0.0951 e. The summed E-state index contributed by atoms with van der Waals surface area (Å²) in [6, 6.07) is 0.685. The maximum Gasteiger partial charge on any atom is 0.0951 e. The van der Waals surface area contributed by atoms with E-state index < -0.39 is 0 Å². The highest BCUT2D eigenvalue weighted by atomic mass is 16.5. The van der Waals surface area contributed by atoms with E-state index in [1.54, 1.807) is 0 Å². The van der Waals surface area contributed by atoms with Crippen molar-refractivity contribution < 1.29 is 4.74 Å². The van der Waals surface area contributed by atoms with Gasteiger partial charge in [0, 0.05) is 38.5 Å². The third-order valence-corrected chi connectivity index (χ3v) is 6.33. The number of imidazole rings is 1. The Kier molecular flexibility index (Phi) is 5.53. The fraction of sp³-hybridized carbons (Fsp3) is 0.850. The predicted octanol–water partition coefficient (Wildman–Crippen LogP) is 4.17. The summed E-state index contributed by atoms with van der Waals surface area (Å²) < 4.78 is 8.41. The molecule has 24 heavy (non-hydrogen) atoms. The lowest BCUT2D eigenvalue weighted by atomic mass is 9.85. The number of hydrogen-bond donors (Lipinski definition) is 0. The van der Waals surface area contributed by atoms with Gasteiger partial charge in [-0.2, -0.15) is 0 Å². The minimum atomic E-state index is 0.455. The van der Waals surface area contributed by atoms with Gasteiger partial charge in [0.1, 0.15) is 0 Å². The second-order valence-corrected chi connectivity index (χ2v) is 8.21. The molecule has 1 saturated heterocycles. The molecule has 3 fully saturated rings. The minimum Gasteiger partial charge on any atom is -0.377 e. The van der Waals surface area contributed by atoms with Crippen LogP contribution in [0.3, 0.4) is 0 Å². The fourth-order valence-corrected chi connectivity index (χ4v) is 4.69. The largest absolute Gasteiger partial charge is 0.377 e. The van der Waals surface area contributed by atoms with E-state index in [1.165, 1.54) is 76.4 Å². The van der Waals surface area contributed by atoms with E-state index in [9.17, 15) is 0 Å². The van der Waals surface area contributed by atoms with Gasteiger partial charge >= 0.3 is 0 Å². The third-order valence-electron chi connectivity index (χ3n) is 6.33. The lowest BCUT2D eigenvalue weighted by molar-refractivity contribution is 0.0568. The number of hydrogen-bond acceptors (Lipinski definition) is 3. The van der Waals surface area contributed by atoms with E-state index in [0.717, 1.165) is 25.6 Å². The van der Waals surface area contributed by atoms with Gasteiger partial charge in [0.15, 0.2) is 0 Å². The van der Waals surface area contributed by atoms with E-state index in [2.05, 4.69) is 27.0 Å². The molecule has 134 valence electrons. The standard InChI is InChI=1S/C20H33N3O/c1-2-8-18(9-3-1)23-16-21-12-19(23)14-22(13-17-6-4-7-17)15-20-10-5-11-24-20/h12,16-18,20H,1-11,13-15H2. The SMILES string of the molecule is c1ncn(C2CCCCC2)c1CN(CC1CCC1)CC1CCCO1. The van der Waals surface area contributed by atoms with Gasteiger partial charge in [0.2, 0.25) is 0 Å². The van der Waals surface area contributed by atoms with Crippen molar-refractivity contribution in [3.05, 3.63) is 18.2 Å². The normalized spacial score (nSPS) is 26.1. The van der Waals surface area contributed by atoms with Crippen molar-refractivity contribution in [2.24, 2.45) is 5.92 Å². The lowest BCUT2D eigenvalue weighted by Gasteiger charge is -2.34. The summed E-state index contributed by atoms with van der Waals surface area (Å²) in [5.41, 5.74) is 1.42. The van der Waals surface area contributed by atoms with Crippen molar-refractivity contribution in [1.29, 1.82) is 0 Å². The van der Waals surface area contributed by atoms with Crippen LogP contribution < -0.4 is 0 Å². The molecule has 3 aliphatic rings. The van der Waals surface area contributed by atoms with Gasteiger partial charge in [-0.15, -0.1) is 0 Å². The van der Waals surface area contributed by atoms with Crippen molar-refractivity contribution in [1.82, 2.24) is 14.5 Å². The Bertz CT molecular complexity index is 499. The van der Waals surface area contributed by atoms with E-state index in [-0.39, 0.29) is 0 Å². The molecule has 0 bridgehead atoms. The molecule has 0 aromatic carbocycles. The summed E-state index contributed by atoms with van der Waals surface area (Å²) in [6.45, 7) is 4.36. The second kappa shape index (κ2) is 8.01. The molecule has 1 aromatic rings. The highest BCUT2D eigenvalue weighted by Crippen LogP contribution is 2.31. The van der Waals surface area contributed by atoms with Crippen LogP contribution in [0.25, 0.3) is 0 Å². The van der Waals surface area contributed by atoms with Crippen molar-refractivity contribution in [3.8, 4) is 0 Å². The Morgan fingerprint density at radius 1 is 1.00 bits per heavy atom. The third kappa shape index (κ3) is 4.02. The Balaban J connectivity index is 1.41. The van der Waals surface area contributed by atoms with E-state index in [1.807, 2.05) is 0 Å². The molecule has 0 radical (unpaired) electrons. The van der Waals surface area contributed by atoms with Gasteiger partial charge in [-0.05, 0) is 44.4 Å². The monoisotopic (exact) mass is 331 g/mol. The molecular formula is C20H33N3O. The summed E-state index contributed by atoms with van der Waals surface area (Å²) in [5.74, 6) is 0.914. The predicted molar refractivity (Wildman–Crippen MR) is 95.9 cm³/mol. The summed E-state index contributed by atoms with van der Waals surface area (Å²) >= 11 is 0. The van der Waals surface area contributed by atoms with Gasteiger partial charge in [-0.1, -0.05) is 25.7 Å². The molecular weight excluding hydrogens is 298 g/mol. The van der Waals surface area contributed by atoms with Crippen LogP contribution in [-0.2, 0) is 11.3 Å². The van der Waals surface area contributed by atoms with Crippen molar-refractivity contribution >= 4 is 0 Å². The Hall–Kier alpha value is -0.870. The van der Waals surface area contributed by atoms with Crippen molar-refractivity contribution in [2.75, 3.05) is 19.7 Å². The van der Waals surface area contributed by atoms with E-state index in [0.29, 0.717) is 12.1 Å². The molecule has 4 rings (SSSR count). The first-order chi connectivity index (χ1) is 11.9. The Morgan fingerprint density at radius 2 is 1.88 bits per heavy atom. The zero-order valence-electron chi connectivity index (χ0n) is 15.0. The molecule has 4 nitrogen and oxygen atoms in total. The molecule has 4 heteroatoms. The minimum absolute atomic E-state index is 0.455. The lowest BCUT2D eigenvalue weighted by Crippen LogP contribution is -2.38. The molecule has 0 spiro atoms. The summed E-state index contributed by atoms with van der Waals surface area (Å²) in [7, 11) is 0. The van der Waals surface area contributed by atoms with Crippen LogP contribution in [0.15, 0.2) is 12.5 Å². The van der Waals surface area contributed by atoms with Crippen LogP contribution in [0.1, 0.15) is 75.9 Å². The number of ether oxygens (including phenoxy) is 1. The molecule has 2 heterocycles. The van der Waals surface area contributed by atoms with Gasteiger partial charge in [0.05, 0.1) is 18.1 Å². The highest BCUT2D eigenvalue weighted by molar-refractivity contribution is 5.01. The first-order valence-electron chi connectivity index (χ1n) is 10.2. The first kappa shape index (κ1) is 16.6. The average Bonchev–Trinajstić information content (AvgIpc) is 3.23. The maximum absolute atomic E-state index is 5.92. The van der Waals surface area contributed by atoms with Crippen LogP contribution in [0, 0.1) is 5.92 Å². The molecule has 0 N–H and O–H groups in total. The van der Waals surface area contributed by atoms with E-state index in [4.69, 9.17) is 4.74 Å². The molecule has 1 atom stereocenters. The van der Waals surface area contributed by atoms with Crippen LogP contribution >= 0.6 is 0 Å². The highest BCUT2D eigenvalue weighted by Gasteiger charge is 2.26. The Morgan fingerprint density at radius 3 is 2.58 bits per heavy atom. The molecule has 2 saturated carbocycles. The van der Waals surface area contributed by atoms with Crippen LogP contribution in [-0.4, -0.2) is 40.3 Å². The zero-order valence-corrected chi connectivity index (χ0v) is 15.0. The molecule has 1 aliphatic heterocycles. The quantitative estimate of drug-likeness (QED) is 0.751. The van der Waals surface area contributed by atoms with Crippen molar-refractivity contribution in [3.63, 3.8) is 0 Å². The van der Waals surface area contributed by atoms with Crippen LogP contribution in [0.2, 0.25) is 0 Å². The zero-order chi connectivity index (χ0) is 16.2. The van der Waals surface area contributed by atoms with Crippen LogP contribution in [0.4, 0.5) is 0 Å². The van der Waals surface area contributed by atoms with Crippen molar-refractivity contribution in [2.45, 2.75) is 82.9 Å². The summed E-state index contributed by atoms with van der Waals surface area (Å²) in [6.07, 6.45) is 18.2. The molecule has 0 amide bonds. The number of nitrogens with zero attached hydrogens (tertiary/aromatic N) is 3. The van der Waals surface area contributed by atoms with Gasteiger partial charge in [0.25, 0.3) is 0 Å². The van der Waals surface area contributed by atoms with E-state index >= 15 is 0 Å². The maximum atomic E-state index is 5.92. The fourth-order valence-electron chi connectivity index (χ4n) is 4.69. The molecule has 2 aliphatic carbocycles. The average molecular weight is 332 g/mol.